The van der Waals surface area contributed by atoms with Gasteiger partial charge in [0.1, 0.15) is 5.82 Å². The number of hydrazone groups is 1. The van der Waals surface area contributed by atoms with Gasteiger partial charge in [0.05, 0.1) is 24.6 Å². The molecule has 4 heteroatoms. The lowest BCUT2D eigenvalue weighted by Crippen LogP contribution is -2.28. The maximum absolute atomic E-state index is 13.0. The van der Waals surface area contributed by atoms with Gasteiger partial charge in [-0.05, 0) is 12.1 Å². The number of hydrogen-bond acceptors (Lipinski definition) is 3. The number of hydrogen-bond donors (Lipinski definition) is 1. The minimum absolute atomic E-state index is 0.299. The number of nitrogens with zero attached hydrogens (tertiary/aromatic N) is 1. The Morgan fingerprint density at radius 1 is 1.31 bits per heavy atom. The number of benzene rings is 1. The molecule has 1 aromatic rings. The van der Waals surface area contributed by atoms with Crippen molar-refractivity contribution in [2.75, 3.05) is 18.6 Å². The molecule has 68 valence electrons. The Morgan fingerprint density at radius 3 is 2.69 bits per heavy atom. The van der Waals surface area contributed by atoms with Crippen LogP contribution in [0.25, 0.3) is 0 Å². The number of halogens is 1. The van der Waals surface area contributed by atoms with Gasteiger partial charge in [0.2, 0.25) is 0 Å². The van der Waals surface area contributed by atoms with Crippen LogP contribution in [0.5, 0.6) is 0 Å². The van der Waals surface area contributed by atoms with Crippen LogP contribution in [-0.2, 0) is 4.74 Å². The largest absolute Gasteiger partial charge is 0.369 e. The fraction of sp³-hybridized carbons (Fsp3) is 0.222. The van der Waals surface area contributed by atoms with Gasteiger partial charge in [-0.25, -0.2) is 4.39 Å². The van der Waals surface area contributed by atoms with E-state index in [0.717, 1.165) is 5.71 Å². The summed E-state index contributed by atoms with van der Waals surface area (Å²) < 4.78 is 17.9. The van der Waals surface area contributed by atoms with Crippen molar-refractivity contribution >= 4 is 11.4 Å². The van der Waals surface area contributed by atoms with Crippen LogP contribution in [0.3, 0.4) is 0 Å². The highest BCUT2D eigenvalue weighted by Crippen LogP contribution is 2.12. The van der Waals surface area contributed by atoms with E-state index in [1.165, 1.54) is 6.07 Å². The van der Waals surface area contributed by atoms with Crippen molar-refractivity contribution in [1.29, 1.82) is 0 Å². The average Bonchev–Trinajstić information content (AvgIpc) is 2.05. The third-order valence-electron chi connectivity index (χ3n) is 1.75. The maximum atomic E-state index is 13.0. The molecule has 1 heterocycles. The SMILES string of the molecule is Fc1ccccc1NN=C1COC1. The summed E-state index contributed by atoms with van der Waals surface area (Å²) in [6.45, 7) is 1.09. The third kappa shape index (κ3) is 1.84. The highest BCUT2D eigenvalue weighted by Gasteiger charge is 2.10. The zero-order chi connectivity index (χ0) is 9.10. The van der Waals surface area contributed by atoms with E-state index in [1.54, 1.807) is 18.2 Å². The monoisotopic (exact) mass is 180 g/mol. The highest BCUT2D eigenvalue weighted by molar-refractivity contribution is 5.91. The molecule has 0 amide bonds. The van der Waals surface area contributed by atoms with E-state index in [9.17, 15) is 4.39 Å². The molecule has 0 aliphatic carbocycles. The summed E-state index contributed by atoms with van der Waals surface area (Å²) in [4.78, 5) is 0. The normalized spacial score (nSPS) is 15.0. The molecule has 0 bridgehead atoms. The Kier molecular flexibility index (Phi) is 2.23. The molecule has 2 rings (SSSR count). The van der Waals surface area contributed by atoms with Gasteiger partial charge in [0, 0.05) is 0 Å². The molecule has 3 nitrogen and oxygen atoms in total. The lowest BCUT2D eigenvalue weighted by atomic mass is 10.3. The van der Waals surface area contributed by atoms with E-state index in [0.29, 0.717) is 18.9 Å². The second kappa shape index (κ2) is 3.53. The first-order chi connectivity index (χ1) is 6.36. The zero-order valence-corrected chi connectivity index (χ0v) is 6.96. The molecule has 0 spiro atoms. The fourth-order valence-corrected chi connectivity index (χ4v) is 0.949. The molecular formula is C9H9FN2O. The molecule has 0 radical (unpaired) electrons. The van der Waals surface area contributed by atoms with Crippen LogP contribution in [0.2, 0.25) is 0 Å². The number of para-hydroxylation sites is 1. The minimum Gasteiger partial charge on any atom is -0.369 e. The van der Waals surface area contributed by atoms with Crippen molar-refractivity contribution in [3.63, 3.8) is 0 Å². The van der Waals surface area contributed by atoms with Crippen molar-refractivity contribution in [3.05, 3.63) is 30.1 Å². The maximum Gasteiger partial charge on any atom is 0.148 e. The highest BCUT2D eigenvalue weighted by atomic mass is 19.1. The molecule has 1 saturated heterocycles. The minimum atomic E-state index is -0.299. The summed E-state index contributed by atoms with van der Waals surface area (Å²) in [5.41, 5.74) is 3.94. The lowest BCUT2D eigenvalue weighted by Gasteiger charge is -2.15. The van der Waals surface area contributed by atoms with Gasteiger partial charge in [-0.15, -0.1) is 0 Å². The predicted octanol–water partition coefficient (Wildman–Crippen LogP) is 1.62. The fourth-order valence-electron chi connectivity index (χ4n) is 0.949. The second-order valence-corrected chi connectivity index (χ2v) is 2.76. The van der Waals surface area contributed by atoms with Crippen LogP contribution in [0, 0.1) is 5.82 Å². The molecule has 13 heavy (non-hydrogen) atoms. The van der Waals surface area contributed by atoms with Gasteiger partial charge < -0.3 is 4.74 Å². The smallest absolute Gasteiger partial charge is 0.148 e. The van der Waals surface area contributed by atoms with Crippen LogP contribution < -0.4 is 5.43 Å². The van der Waals surface area contributed by atoms with Gasteiger partial charge >= 0.3 is 0 Å². The Bertz CT molecular complexity index is 332. The summed E-state index contributed by atoms with van der Waals surface area (Å²) in [5.74, 6) is -0.299. The van der Waals surface area contributed by atoms with Crippen LogP contribution in [0.15, 0.2) is 29.4 Å². The molecule has 0 aromatic heterocycles. The predicted molar refractivity (Wildman–Crippen MR) is 48.3 cm³/mol. The van der Waals surface area contributed by atoms with Gasteiger partial charge in [0.15, 0.2) is 0 Å². The van der Waals surface area contributed by atoms with Crippen LogP contribution >= 0.6 is 0 Å². The molecule has 1 fully saturated rings. The van der Waals surface area contributed by atoms with E-state index in [1.807, 2.05) is 0 Å². The Labute approximate surface area is 75.2 Å². The zero-order valence-electron chi connectivity index (χ0n) is 6.96. The average molecular weight is 180 g/mol. The summed E-state index contributed by atoms with van der Waals surface area (Å²) in [6.07, 6.45) is 0. The standard InChI is InChI=1S/C9H9FN2O/c10-8-3-1-2-4-9(8)12-11-7-5-13-6-7/h1-4,12H,5-6H2. The topological polar surface area (TPSA) is 33.6 Å². The quantitative estimate of drug-likeness (QED) is 0.701. The molecule has 1 aromatic carbocycles. The molecule has 0 unspecified atom stereocenters. The first kappa shape index (κ1) is 8.19. The van der Waals surface area contributed by atoms with Crippen LogP contribution in [0.1, 0.15) is 0 Å². The lowest BCUT2D eigenvalue weighted by molar-refractivity contribution is 0.159. The van der Waals surface area contributed by atoms with E-state index >= 15 is 0 Å². The Balaban J connectivity index is 2.05. The molecule has 0 saturated carbocycles. The summed E-state index contributed by atoms with van der Waals surface area (Å²) in [6, 6.07) is 6.42. The van der Waals surface area contributed by atoms with E-state index < -0.39 is 0 Å². The molecular weight excluding hydrogens is 171 g/mol. The molecule has 1 aliphatic rings. The summed E-state index contributed by atoms with van der Waals surface area (Å²) in [7, 11) is 0. The first-order valence-corrected chi connectivity index (χ1v) is 4.00. The third-order valence-corrected chi connectivity index (χ3v) is 1.75. The van der Waals surface area contributed by atoms with Crippen molar-refractivity contribution < 1.29 is 9.13 Å². The number of ether oxygens (including phenoxy) is 1. The van der Waals surface area contributed by atoms with Crippen molar-refractivity contribution in [2.24, 2.45) is 5.10 Å². The van der Waals surface area contributed by atoms with Gasteiger partial charge in [-0.1, -0.05) is 12.1 Å². The molecule has 1 aliphatic heterocycles. The molecule has 1 N–H and O–H groups in total. The number of nitrogens with one attached hydrogen (secondary N) is 1. The van der Waals surface area contributed by atoms with Gasteiger partial charge in [-0.3, -0.25) is 5.43 Å². The Hall–Kier alpha value is -1.42. The summed E-state index contributed by atoms with van der Waals surface area (Å²) in [5, 5.41) is 3.96. The van der Waals surface area contributed by atoms with Crippen LogP contribution in [0.4, 0.5) is 10.1 Å². The van der Waals surface area contributed by atoms with Crippen molar-refractivity contribution in [2.45, 2.75) is 0 Å². The molecule has 0 atom stereocenters. The van der Waals surface area contributed by atoms with E-state index in [-0.39, 0.29) is 5.82 Å². The van der Waals surface area contributed by atoms with E-state index in [4.69, 9.17) is 4.74 Å². The Morgan fingerprint density at radius 2 is 2.08 bits per heavy atom. The van der Waals surface area contributed by atoms with Crippen LogP contribution in [-0.4, -0.2) is 18.9 Å². The van der Waals surface area contributed by atoms with Crippen molar-refractivity contribution in [3.8, 4) is 0 Å². The van der Waals surface area contributed by atoms with Gasteiger partial charge in [-0.2, -0.15) is 5.10 Å². The summed E-state index contributed by atoms with van der Waals surface area (Å²) >= 11 is 0. The second-order valence-electron chi connectivity index (χ2n) is 2.76. The first-order valence-electron chi connectivity index (χ1n) is 4.00. The van der Waals surface area contributed by atoms with E-state index in [2.05, 4.69) is 10.5 Å². The van der Waals surface area contributed by atoms with Gasteiger partial charge in [0.25, 0.3) is 0 Å². The number of anilines is 1. The number of rotatable bonds is 2. The van der Waals surface area contributed by atoms with Crippen molar-refractivity contribution in [1.82, 2.24) is 0 Å².